The van der Waals surface area contributed by atoms with Gasteiger partial charge in [-0.25, -0.2) is 9.97 Å². The van der Waals surface area contributed by atoms with Crippen molar-refractivity contribution in [2.75, 3.05) is 11.9 Å². The topological polar surface area (TPSA) is 124 Å². The van der Waals surface area contributed by atoms with E-state index in [1.165, 1.54) is 23.6 Å². The molecule has 5 rings (SSSR count). The monoisotopic (exact) mass is 568 g/mol. The predicted molar refractivity (Wildman–Crippen MR) is 151 cm³/mol. The van der Waals surface area contributed by atoms with Crippen LogP contribution in [0.15, 0.2) is 48.7 Å². The number of nitrogens with zero attached hydrogens (tertiary/aromatic N) is 2. The van der Waals surface area contributed by atoms with Crippen LogP contribution in [-0.4, -0.2) is 44.7 Å². The SMILES string of the molecule is C[C@]1(CO)[C@H]2Cc3sc(NC(=O)c4ccnc(Cl)c4)nc3[C@@H](CC(=O)NCc3ccccc3)[C@]2(C)CC[C@H]1O. The molecule has 39 heavy (non-hydrogen) atoms. The molecule has 0 spiro atoms. The van der Waals surface area contributed by atoms with E-state index >= 15 is 0 Å². The highest BCUT2D eigenvalue weighted by molar-refractivity contribution is 7.15. The highest BCUT2D eigenvalue weighted by Crippen LogP contribution is 2.62. The Kier molecular flexibility index (Phi) is 7.79. The van der Waals surface area contributed by atoms with E-state index in [2.05, 4.69) is 22.5 Å². The van der Waals surface area contributed by atoms with Crippen LogP contribution in [0.25, 0.3) is 0 Å². The normalized spacial score (nSPS) is 27.8. The minimum Gasteiger partial charge on any atom is -0.396 e. The number of rotatable bonds is 7. The van der Waals surface area contributed by atoms with Gasteiger partial charge in [0.05, 0.1) is 18.4 Å². The Morgan fingerprint density at radius 2 is 1.97 bits per heavy atom. The molecule has 0 bridgehead atoms. The second-order valence-corrected chi connectivity index (χ2v) is 12.6. The Hall–Kier alpha value is -2.85. The molecule has 0 unspecified atom stereocenters. The highest BCUT2D eigenvalue weighted by atomic mass is 35.5. The fraction of sp³-hybridized carbons (Fsp3) is 0.448. The number of fused-ring (bicyclic) bond motifs is 2. The van der Waals surface area contributed by atoms with Crippen LogP contribution in [0.2, 0.25) is 5.15 Å². The van der Waals surface area contributed by atoms with Gasteiger partial charge in [0.2, 0.25) is 5.91 Å². The van der Waals surface area contributed by atoms with Crippen LogP contribution < -0.4 is 10.6 Å². The summed E-state index contributed by atoms with van der Waals surface area (Å²) >= 11 is 7.35. The zero-order valence-electron chi connectivity index (χ0n) is 22.0. The van der Waals surface area contributed by atoms with Crippen LogP contribution in [0.4, 0.5) is 5.13 Å². The van der Waals surface area contributed by atoms with Gasteiger partial charge in [-0.2, -0.15) is 0 Å². The summed E-state index contributed by atoms with van der Waals surface area (Å²) in [5.74, 6) is -0.737. The van der Waals surface area contributed by atoms with Gasteiger partial charge in [0.25, 0.3) is 5.91 Å². The van der Waals surface area contributed by atoms with Gasteiger partial charge < -0.3 is 15.5 Å². The Bertz CT molecular complexity index is 1370. The first kappa shape index (κ1) is 27.7. The molecule has 2 heterocycles. The first-order chi connectivity index (χ1) is 18.6. The van der Waals surface area contributed by atoms with Gasteiger partial charge in [0.15, 0.2) is 5.13 Å². The zero-order valence-corrected chi connectivity index (χ0v) is 23.6. The Labute approximate surface area is 236 Å². The van der Waals surface area contributed by atoms with Gasteiger partial charge in [-0.1, -0.05) is 55.8 Å². The Morgan fingerprint density at radius 1 is 1.21 bits per heavy atom. The molecule has 3 aromatic rings. The van der Waals surface area contributed by atoms with E-state index in [9.17, 15) is 19.8 Å². The molecule has 0 aliphatic heterocycles. The smallest absolute Gasteiger partial charge is 0.257 e. The van der Waals surface area contributed by atoms with Gasteiger partial charge >= 0.3 is 0 Å². The number of aromatic nitrogens is 2. The molecule has 206 valence electrons. The van der Waals surface area contributed by atoms with Gasteiger partial charge in [-0.05, 0) is 48.3 Å². The molecule has 2 amide bonds. The number of benzene rings is 1. The lowest BCUT2D eigenvalue weighted by Gasteiger charge is -2.58. The fourth-order valence-electron chi connectivity index (χ4n) is 6.47. The molecule has 2 aliphatic carbocycles. The summed E-state index contributed by atoms with van der Waals surface area (Å²) in [6.45, 7) is 4.38. The molecule has 1 saturated carbocycles. The van der Waals surface area contributed by atoms with Crippen LogP contribution in [-0.2, 0) is 17.8 Å². The number of pyridine rings is 1. The van der Waals surface area contributed by atoms with Crippen molar-refractivity contribution in [3.8, 4) is 0 Å². The quantitative estimate of drug-likeness (QED) is 0.310. The molecular weight excluding hydrogens is 536 g/mol. The third-order valence-electron chi connectivity index (χ3n) is 8.82. The number of carbonyl (C=O) groups excluding carboxylic acids is 2. The molecule has 1 aromatic carbocycles. The number of anilines is 1. The van der Waals surface area contributed by atoms with Gasteiger partial charge in [-0.3, -0.25) is 14.9 Å². The average molecular weight is 569 g/mol. The molecule has 1 fully saturated rings. The minimum atomic E-state index is -0.718. The first-order valence-electron chi connectivity index (χ1n) is 13.2. The molecule has 8 nitrogen and oxygen atoms in total. The Balaban J connectivity index is 1.45. The summed E-state index contributed by atoms with van der Waals surface area (Å²) in [4.78, 5) is 35.9. The summed E-state index contributed by atoms with van der Waals surface area (Å²) in [6.07, 6.45) is 2.91. The van der Waals surface area contributed by atoms with E-state index in [-0.39, 0.29) is 47.2 Å². The van der Waals surface area contributed by atoms with E-state index in [1.807, 2.05) is 37.3 Å². The molecule has 2 aromatic heterocycles. The van der Waals surface area contributed by atoms with Crippen molar-refractivity contribution < 1.29 is 19.8 Å². The van der Waals surface area contributed by atoms with Crippen LogP contribution in [0, 0.1) is 16.7 Å². The maximum Gasteiger partial charge on any atom is 0.257 e. The molecule has 0 saturated heterocycles. The van der Waals surface area contributed by atoms with Gasteiger partial charge in [0.1, 0.15) is 5.15 Å². The maximum atomic E-state index is 13.3. The molecule has 4 N–H and O–H groups in total. The second kappa shape index (κ2) is 11.0. The number of carbonyl (C=O) groups is 2. The third kappa shape index (κ3) is 5.33. The number of halogens is 1. The minimum absolute atomic E-state index is 0.0684. The number of nitrogens with one attached hydrogen (secondary N) is 2. The van der Waals surface area contributed by atoms with Crippen LogP contribution >= 0.6 is 22.9 Å². The second-order valence-electron chi connectivity index (χ2n) is 11.1. The van der Waals surface area contributed by atoms with E-state index < -0.39 is 11.5 Å². The van der Waals surface area contributed by atoms with Crippen LogP contribution in [0.3, 0.4) is 0 Å². The molecule has 2 aliphatic rings. The number of hydrogen-bond acceptors (Lipinski definition) is 7. The summed E-state index contributed by atoms with van der Waals surface area (Å²) in [6, 6.07) is 12.8. The number of amides is 2. The first-order valence-corrected chi connectivity index (χ1v) is 14.4. The highest BCUT2D eigenvalue weighted by Gasteiger charge is 2.59. The predicted octanol–water partition coefficient (Wildman–Crippen LogP) is 4.57. The largest absolute Gasteiger partial charge is 0.396 e. The van der Waals surface area contributed by atoms with E-state index in [4.69, 9.17) is 16.6 Å². The van der Waals surface area contributed by atoms with Crippen molar-refractivity contribution in [3.63, 3.8) is 0 Å². The lowest BCUT2D eigenvalue weighted by molar-refractivity contribution is -0.144. The summed E-state index contributed by atoms with van der Waals surface area (Å²) in [5.41, 5.74) is 1.11. The van der Waals surface area contributed by atoms with Gasteiger partial charge in [0, 0.05) is 40.9 Å². The van der Waals surface area contributed by atoms with Crippen molar-refractivity contribution >= 4 is 39.9 Å². The zero-order chi connectivity index (χ0) is 27.8. The van der Waals surface area contributed by atoms with Crippen molar-refractivity contribution in [2.24, 2.45) is 16.7 Å². The summed E-state index contributed by atoms with van der Waals surface area (Å²) < 4.78 is 0. The average Bonchev–Trinajstić information content (AvgIpc) is 3.33. The fourth-order valence-corrected chi connectivity index (χ4v) is 7.70. The van der Waals surface area contributed by atoms with E-state index in [1.54, 1.807) is 6.07 Å². The standard InChI is InChI=1S/C29H33ClN4O4S/c1-28-10-8-22(36)29(2,16-35)21(28)14-20-25(19(28)13-24(37)32-15-17-6-4-3-5-7-17)33-27(39-20)34-26(38)18-9-11-31-23(30)12-18/h3-7,9,11-12,19,21-22,35-36H,8,10,13-16H2,1-2H3,(H,32,37)(H,33,34,38)/t19-,21+,22-,28+,29+/m1/s1. The molecule has 0 radical (unpaired) electrons. The Morgan fingerprint density at radius 3 is 2.69 bits per heavy atom. The van der Waals surface area contributed by atoms with Crippen molar-refractivity contribution in [2.45, 2.75) is 58.1 Å². The van der Waals surface area contributed by atoms with Crippen molar-refractivity contribution in [3.05, 3.63) is 75.5 Å². The van der Waals surface area contributed by atoms with Crippen molar-refractivity contribution in [1.82, 2.24) is 15.3 Å². The lowest BCUT2D eigenvalue weighted by atomic mass is 9.47. The number of aliphatic hydroxyl groups is 2. The number of thiazole rings is 1. The number of aliphatic hydroxyl groups excluding tert-OH is 2. The maximum absolute atomic E-state index is 13.3. The van der Waals surface area contributed by atoms with E-state index in [0.717, 1.165) is 16.1 Å². The van der Waals surface area contributed by atoms with Crippen molar-refractivity contribution in [1.29, 1.82) is 0 Å². The van der Waals surface area contributed by atoms with Gasteiger partial charge in [-0.15, -0.1) is 11.3 Å². The van der Waals surface area contributed by atoms with Crippen LogP contribution in [0.1, 0.15) is 65.5 Å². The summed E-state index contributed by atoms with van der Waals surface area (Å²) in [5, 5.41) is 28.0. The number of hydrogen-bond donors (Lipinski definition) is 4. The summed E-state index contributed by atoms with van der Waals surface area (Å²) in [7, 11) is 0. The van der Waals surface area contributed by atoms with E-state index in [0.29, 0.717) is 36.5 Å². The molecule has 10 heteroatoms. The van der Waals surface area contributed by atoms with Crippen LogP contribution in [0.5, 0.6) is 0 Å². The lowest BCUT2D eigenvalue weighted by Crippen LogP contribution is -2.57. The third-order valence-corrected chi connectivity index (χ3v) is 10.0. The molecule has 5 atom stereocenters. The molecular formula is C29H33ClN4O4S.